The lowest BCUT2D eigenvalue weighted by Gasteiger charge is -2.12. The van der Waals surface area contributed by atoms with Crippen molar-refractivity contribution in [3.05, 3.63) is 127 Å². The Labute approximate surface area is 236 Å². The second-order valence-corrected chi connectivity index (χ2v) is 10.2. The van der Waals surface area contributed by atoms with Gasteiger partial charge in [0.25, 0.3) is 0 Å². The predicted octanol–water partition coefficient (Wildman–Crippen LogP) is 9.05. The van der Waals surface area contributed by atoms with Crippen LogP contribution in [-0.2, 0) is 0 Å². The number of furan rings is 1. The molecule has 1 aliphatic rings. The number of nitrogens with zero attached hydrogens (tertiary/aromatic N) is 4. The second kappa shape index (κ2) is 9.65. The molecule has 8 rings (SSSR count). The van der Waals surface area contributed by atoms with Crippen LogP contribution in [0.5, 0.6) is 0 Å². The van der Waals surface area contributed by atoms with Gasteiger partial charge in [-0.05, 0) is 36.6 Å². The summed E-state index contributed by atoms with van der Waals surface area (Å²) in [6, 6.07) is 34.5. The van der Waals surface area contributed by atoms with Crippen molar-refractivity contribution in [1.29, 1.82) is 0 Å². The van der Waals surface area contributed by atoms with Crippen LogP contribution in [0.2, 0.25) is 0 Å². The zero-order valence-electron chi connectivity index (χ0n) is 22.2. The van der Waals surface area contributed by atoms with Crippen LogP contribution in [-0.4, -0.2) is 19.9 Å². The number of pyridine rings is 1. The maximum absolute atomic E-state index is 6.47. The van der Waals surface area contributed by atoms with Gasteiger partial charge >= 0.3 is 0 Å². The number of allylic oxidation sites excluding steroid dienone is 4. The van der Waals surface area contributed by atoms with Gasteiger partial charge in [-0.2, -0.15) is 0 Å². The Morgan fingerprint density at radius 2 is 1.24 bits per heavy atom. The van der Waals surface area contributed by atoms with E-state index in [-0.39, 0.29) is 0 Å². The highest BCUT2D eigenvalue weighted by atomic mass is 16.3. The molecule has 5 heteroatoms. The van der Waals surface area contributed by atoms with E-state index in [0.29, 0.717) is 17.5 Å². The predicted molar refractivity (Wildman–Crippen MR) is 165 cm³/mol. The minimum atomic E-state index is 0.604. The Balaban J connectivity index is 1.37. The molecule has 3 heterocycles. The number of aromatic nitrogens is 4. The van der Waals surface area contributed by atoms with E-state index in [1.54, 1.807) is 0 Å². The van der Waals surface area contributed by atoms with E-state index in [4.69, 9.17) is 24.4 Å². The van der Waals surface area contributed by atoms with Crippen LogP contribution in [0.1, 0.15) is 18.5 Å². The molecular weight excluding hydrogens is 504 g/mol. The van der Waals surface area contributed by atoms with Gasteiger partial charge in [-0.15, -0.1) is 0 Å². The van der Waals surface area contributed by atoms with Crippen molar-refractivity contribution < 1.29 is 4.42 Å². The van der Waals surface area contributed by atoms with Crippen molar-refractivity contribution >= 4 is 38.4 Å². The minimum Gasteiger partial charge on any atom is -0.455 e. The largest absolute Gasteiger partial charge is 0.455 e. The Morgan fingerprint density at radius 1 is 0.585 bits per heavy atom. The average Bonchev–Trinajstić information content (AvgIpc) is 3.45. The highest BCUT2D eigenvalue weighted by Crippen LogP contribution is 2.40. The van der Waals surface area contributed by atoms with Crippen molar-refractivity contribution in [2.75, 3.05) is 0 Å². The van der Waals surface area contributed by atoms with Gasteiger partial charge in [-0.1, -0.05) is 103 Å². The molecule has 0 unspecified atom stereocenters. The molecule has 0 saturated heterocycles. The maximum Gasteiger partial charge on any atom is 0.164 e. The molecule has 1 aliphatic carbocycles. The first-order valence-electron chi connectivity index (χ1n) is 13.8. The highest BCUT2D eigenvalue weighted by molar-refractivity contribution is 6.17. The van der Waals surface area contributed by atoms with E-state index in [0.717, 1.165) is 68.1 Å². The SMILES string of the molecule is C1=CCCC(c2nc3cc(-c4nc(-c5ccccc5)nc(-c5ccccc5)n4)ccc3c3oc4ccccc4c23)=C1. The van der Waals surface area contributed by atoms with E-state index < -0.39 is 0 Å². The Bertz CT molecular complexity index is 2090. The topological polar surface area (TPSA) is 64.7 Å². The molecule has 194 valence electrons. The summed E-state index contributed by atoms with van der Waals surface area (Å²) in [5, 5.41) is 3.13. The van der Waals surface area contributed by atoms with Gasteiger partial charge in [0.2, 0.25) is 0 Å². The van der Waals surface area contributed by atoms with Crippen LogP contribution in [0.25, 0.3) is 72.6 Å². The van der Waals surface area contributed by atoms with Crippen LogP contribution < -0.4 is 0 Å². The fourth-order valence-corrected chi connectivity index (χ4v) is 5.57. The van der Waals surface area contributed by atoms with Crippen LogP contribution >= 0.6 is 0 Å². The number of rotatable bonds is 4. The first kappa shape index (κ1) is 23.5. The number of fused-ring (bicyclic) bond motifs is 5. The summed E-state index contributed by atoms with van der Waals surface area (Å²) in [5.74, 6) is 1.87. The molecule has 41 heavy (non-hydrogen) atoms. The van der Waals surface area contributed by atoms with Gasteiger partial charge in [-0.25, -0.2) is 19.9 Å². The Hall–Kier alpha value is -5.42. The monoisotopic (exact) mass is 528 g/mol. The fraction of sp³-hybridized carbons (Fsp3) is 0.0556. The van der Waals surface area contributed by atoms with Gasteiger partial charge in [0, 0.05) is 27.5 Å². The summed E-state index contributed by atoms with van der Waals surface area (Å²) in [5.41, 5.74) is 7.53. The van der Waals surface area contributed by atoms with Crippen molar-refractivity contribution in [2.24, 2.45) is 0 Å². The van der Waals surface area contributed by atoms with Crippen molar-refractivity contribution in [3.8, 4) is 34.2 Å². The van der Waals surface area contributed by atoms with E-state index in [1.807, 2.05) is 72.8 Å². The number of hydrogen-bond acceptors (Lipinski definition) is 5. The van der Waals surface area contributed by atoms with Gasteiger partial charge in [0.15, 0.2) is 17.5 Å². The summed E-state index contributed by atoms with van der Waals surface area (Å²) >= 11 is 0. The molecule has 3 aromatic heterocycles. The van der Waals surface area contributed by atoms with Gasteiger partial charge in [0.1, 0.15) is 11.2 Å². The zero-order valence-corrected chi connectivity index (χ0v) is 22.2. The zero-order chi connectivity index (χ0) is 27.2. The van der Waals surface area contributed by atoms with E-state index >= 15 is 0 Å². The van der Waals surface area contributed by atoms with E-state index in [2.05, 4.69) is 48.6 Å². The molecule has 0 aliphatic heterocycles. The summed E-state index contributed by atoms with van der Waals surface area (Å²) in [6.45, 7) is 0. The first-order valence-corrected chi connectivity index (χ1v) is 13.8. The number of hydrogen-bond donors (Lipinski definition) is 0. The lowest BCUT2D eigenvalue weighted by atomic mass is 9.96. The molecule has 0 spiro atoms. The molecular formula is C36H24N4O. The van der Waals surface area contributed by atoms with Crippen LogP contribution in [0.3, 0.4) is 0 Å². The first-order chi connectivity index (χ1) is 20.3. The number of benzene rings is 4. The van der Waals surface area contributed by atoms with Gasteiger partial charge in [-0.3, -0.25) is 0 Å². The molecule has 4 aromatic carbocycles. The summed E-state index contributed by atoms with van der Waals surface area (Å²) in [7, 11) is 0. The third-order valence-corrected chi connectivity index (χ3v) is 7.58. The fourth-order valence-electron chi connectivity index (χ4n) is 5.57. The molecule has 0 radical (unpaired) electrons. The third-order valence-electron chi connectivity index (χ3n) is 7.58. The van der Waals surface area contributed by atoms with Crippen LogP contribution in [0, 0.1) is 0 Å². The number of para-hydroxylation sites is 1. The third kappa shape index (κ3) is 4.10. The minimum absolute atomic E-state index is 0.604. The van der Waals surface area contributed by atoms with E-state index in [9.17, 15) is 0 Å². The van der Waals surface area contributed by atoms with Gasteiger partial charge < -0.3 is 4.42 Å². The molecule has 0 bridgehead atoms. The Morgan fingerprint density at radius 3 is 1.93 bits per heavy atom. The molecule has 0 saturated carbocycles. The Kier molecular flexibility index (Phi) is 5.52. The second-order valence-electron chi connectivity index (χ2n) is 10.2. The molecule has 5 nitrogen and oxygen atoms in total. The van der Waals surface area contributed by atoms with Crippen LogP contribution in [0.4, 0.5) is 0 Å². The normalized spacial score (nSPS) is 13.2. The lowest BCUT2D eigenvalue weighted by Crippen LogP contribution is -2.00. The van der Waals surface area contributed by atoms with Crippen molar-refractivity contribution in [2.45, 2.75) is 12.8 Å². The smallest absolute Gasteiger partial charge is 0.164 e. The molecule has 0 atom stereocenters. The highest BCUT2D eigenvalue weighted by Gasteiger charge is 2.20. The van der Waals surface area contributed by atoms with E-state index in [1.165, 1.54) is 5.57 Å². The molecule has 0 N–H and O–H groups in total. The van der Waals surface area contributed by atoms with Crippen molar-refractivity contribution in [1.82, 2.24) is 19.9 Å². The molecule has 0 amide bonds. The summed E-state index contributed by atoms with van der Waals surface area (Å²) in [6.07, 6.45) is 8.43. The maximum atomic E-state index is 6.47. The molecule has 7 aromatic rings. The quantitative estimate of drug-likeness (QED) is 0.228. The van der Waals surface area contributed by atoms with Gasteiger partial charge in [0.05, 0.1) is 16.6 Å². The molecule has 0 fully saturated rings. The van der Waals surface area contributed by atoms with Crippen molar-refractivity contribution in [3.63, 3.8) is 0 Å². The summed E-state index contributed by atoms with van der Waals surface area (Å²) in [4.78, 5) is 19.9. The lowest BCUT2D eigenvalue weighted by molar-refractivity contribution is 0.672. The summed E-state index contributed by atoms with van der Waals surface area (Å²) < 4.78 is 6.47. The standard InChI is InChI=1S/C36H24N4O/c1-4-12-23(13-5-1)32-31-28-18-10-11-19-30(28)41-33(31)27-21-20-26(22-29(27)37-32)36-39-34(24-14-6-2-7-15-24)38-35(40-36)25-16-8-3-9-17-25/h1-4,6-12,14-22H,5,13H2. The average molecular weight is 529 g/mol. The van der Waals surface area contributed by atoms with Crippen LogP contribution in [0.15, 0.2) is 126 Å².